The van der Waals surface area contributed by atoms with Crippen LogP contribution in [0.1, 0.15) is 0 Å². The number of hydrogen-bond donors (Lipinski definition) is 0. The van der Waals surface area contributed by atoms with Gasteiger partial charge in [0.2, 0.25) is 0 Å². The van der Waals surface area contributed by atoms with Crippen LogP contribution in [0.25, 0.3) is 11.3 Å². The zero-order chi connectivity index (χ0) is 12.9. The summed E-state index contributed by atoms with van der Waals surface area (Å²) < 4.78 is 5.81. The van der Waals surface area contributed by atoms with Gasteiger partial charge in [-0.1, -0.05) is 36.4 Å². The van der Waals surface area contributed by atoms with E-state index in [4.69, 9.17) is 4.74 Å². The van der Waals surface area contributed by atoms with Crippen LogP contribution in [0.5, 0.6) is 11.5 Å². The van der Waals surface area contributed by atoms with Crippen molar-refractivity contribution in [1.29, 1.82) is 0 Å². The molecular weight excluding hydrogens is 234 g/mol. The lowest BCUT2D eigenvalue weighted by molar-refractivity contribution is 0.483. The molecule has 0 saturated carbocycles. The predicted molar refractivity (Wildman–Crippen MR) is 76.2 cm³/mol. The van der Waals surface area contributed by atoms with Gasteiger partial charge in [-0.05, 0) is 36.4 Å². The topological polar surface area (TPSA) is 22.1 Å². The third-order valence-electron chi connectivity index (χ3n) is 2.77. The molecule has 0 amide bonds. The minimum atomic E-state index is 0.814. The Labute approximate surface area is 112 Å². The number of pyridine rings is 1. The van der Waals surface area contributed by atoms with Gasteiger partial charge in [0.1, 0.15) is 11.5 Å². The first-order chi connectivity index (χ1) is 9.42. The first-order valence-electron chi connectivity index (χ1n) is 6.16. The highest BCUT2D eigenvalue weighted by Crippen LogP contribution is 2.25. The lowest BCUT2D eigenvalue weighted by Gasteiger charge is -2.07. The van der Waals surface area contributed by atoms with E-state index in [-0.39, 0.29) is 0 Å². The summed E-state index contributed by atoms with van der Waals surface area (Å²) >= 11 is 0. The lowest BCUT2D eigenvalue weighted by Crippen LogP contribution is -1.86. The normalized spacial score (nSPS) is 10.1. The van der Waals surface area contributed by atoms with E-state index in [1.807, 2.05) is 72.8 Å². The van der Waals surface area contributed by atoms with Crippen molar-refractivity contribution in [2.45, 2.75) is 0 Å². The van der Waals surface area contributed by atoms with E-state index in [1.165, 1.54) is 0 Å². The monoisotopic (exact) mass is 247 g/mol. The largest absolute Gasteiger partial charge is 0.457 e. The van der Waals surface area contributed by atoms with Crippen molar-refractivity contribution >= 4 is 0 Å². The second kappa shape index (κ2) is 5.36. The number of rotatable bonds is 3. The van der Waals surface area contributed by atoms with Crippen LogP contribution in [-0.4, -0.2) is 4.98 Å². The molecule has 92 valence electrons. The van der Waals surface area contributed by atoms with E-state index in [2.05, 4.69) is 4.98 Å². The molecule has 0 aliphatic heterocycles. The molecule has 0 saturated heterocycles. The molecule has 0 spiro atoms. The van der Waals surface area contributed by atoms with Crippen molar-refractivity contribution in [3.05, 3.63) is 79.0 Å². The summed E-state index contributed by atoms with van der Waals surface area (Å²) in [5.41, 5.74) is 2.00. The molecule has 19 heavy (non-hydrogen) atoms. The van der Waals surface area contributed by atoms with Gasteiger partial charge in [-0.2, -0.15) is 0 Å². The van der Waals surface area contributed by atoms with E-state index in [1.54, 1.807) is 6.20 Å². The zero-order valence-electron chi connectivity index (χ0n) is 10.4. The third-order valence-corrected chi connectivity index (χ3v) is 2.77. The highest BCUT2D eigenvalue weighted by atomic mass is 16.5. The second-order valence-electron chi connectivity index (χ2n) is 4.16. The molecule has 2 aromatic carbocycles. The molecule has 0 aliphatic carbocycles. The average Bonchev–Trinajstić information content (AvgIpc) is 2.49. The highest BCUT2D eigenvalue weighted by molar-refractivity contribution is 5.61. The summed E-state index contributed by atoms with van der Waals surface area (Å²) in [6.07, 6.45) is 1.79. The second-order valence-corrected chi connectivity index (χ2v) is 4.16. The molecule has 2 nitrogen and oxygen atoms in total. The minimum absolute atomic E-state index is 0.814. The Hall–Kier alpha value is -2.61. The summed E-state index contributed by atoms with van der Waals surface area (Å²) in [7, 11) is 0. The van der Waals surface area contributed by atoms with Crippen molar-refractivity contribution in [2.24, 2.45) is 0 Å². The maximum atomic E-state index is 5.81. The molecular formula is C17H13NO. The van der Waals surface area contributed by atoms with Crippen LogP contribution >= 0.6 is 0 Å². The molecule has 3 aromatic rings. The fourth-order valence-corrected chi connectivity index (χ4v) is 1.88. The predicted octanol–water partition coefficient (Wildman–Crippen LogP) is 4.54. The molecule has 0 fully saturated rings. The summed E-state index contributed by atoms with van der Waals surface area (Å²) in [6, 6.07) is 23.6. The van der Waals surface area contributed by atoms with Crippen molar-refractivity contribution in [3.63, 3.8) is 0 Å². The van der Waals surface area contributed by atoms with E-state index < -0.39 is 0 Å². The highest BCUT2D eigenvalue weighted by Gasteiger charge is 2.01. The smallest absolute Gasteiger partial charge is 0.128 e. The van der Waals surface area contributed by atoms with Crippen LogP contribution in [0.4, 0.5) is 0 Å². The minimum Gasteiger partial charge on any atom is -0.457 e. The SMILES string of the molecule is c1ccc(Oc2cccc(-c3ccccn3)c2)cc1. The Morgan fingerprint density at radius 1 is 0.684 bits per heavy atom. The fourth-order valence-electron chi connectivity index (χ4n) is 1.88. The van der Waals surface area contributed by atoms with Crippen LogP contribution in [0, 0.1) is 0 Å². The van der Waals surface area contributed by atoms with Gasteiger partial charge in [0, 0.05) is 11.8 Å². The van der Waals surface area contributed by atoms with Gasteiger partial charge in [0.05, 0.1) is 5.69 Å². The fraction of sp³-hybridized carbons (Fsp3) is 0. The van der Waals surface area contributed by atoms with Gasteiger partial charge < -0.3 is 4.74 Å². The van der Waals surface area contributed by atoms with Gasteiger partial charge in [0.15, 0.2) is 0 Å². The Kier molecular flexibility index (Phi) is 3.24. The first-order valence-corrected chi connectivity index (χ1v) is 6.16. The molecule has 1 aromatic heterocycles. The van der Waals surface area contributed by atoms with Crippen LogP contribution in [-0.2, 0) is 0 Å². The summed E-state index contributed by atoms with van der Waals surface area (Å²) in [6.45, 7) is 0. The summed E-state index contributed by atoms with van der Waals surface area (Å²) in [4.78, 5) is 4.34. The number of para-hydroxylation sites is 1. The number of benzene rings is 2. The molecule has 2 heteroatoms. The van der Waals surface area contributed by atoms with Gasteiger partial charge in [-0.3, -0.25) is 4.98 Å². The van der Waals surface area contributed by atoms with Gasteiger partial charge in [0.25, 0.3) is 0 Å². The van der Waals surface area contributed by atoms with E-state index in [0.717, 1.165) is 22.8 Å². The summed E-state index contributed by atoms with van der Waals surface area (Å²) in [5.74, 6) is 1.65. The number of nitrogens with zero attached hydrogens (tertiary/aromatic N) is 1. The van der Waals surface area contributed by atoms with Gasteiger partial charge in [-0.25, -0.2) is 0 Å². The van der Waals surface area contributed by atoms with E-state index >= 15 is 0 Å². The van der Waals surface area contributed by atoms with E-state index in [9.17, 15) is 0 Å². The van der Waals surface area contributed by atoms with Crippen LogP contribution in [0.2, 0.25) is 0 Å². The van der Waals surface area contributed by atoms with E-state index in [0.29, 0.717) is 0 Å². The molecule has 0 N–H and O–H groups in total. The standard InChI is InChI=1S/C17H13NO/c1-2-8-15(9-3-1)19-16-10-6-7-14(13-16)17-11-4-5-12-18-17/h1-13H. The maximum absolute atomic E-state index is 5.81. The third kappa shape index (κ3) is 2.80. The van der Waals surface area contributed by atoms with Crippen molar-refractivity contribution in [1.82, 2.24) is 4.98 Å². The number of hydrogen-bond acceptors (Lipinski definition) is 2. The molecule has 0 atom stereocenters. The Morgan fingerprint density at radius 2 is 1.47 bits per heavy atom. The molecule has 0 unspecified atom stereocenters. The molecule has 0 radical (unpaired) electrons. The average molecular weight is 247 g/mol. The van der Waals surface area contributed by atoms with Crippen LogP contribution < -0.4 is 4.74 Å². The van der Waals surface area contributed by atoms with Crippen molar-refractivity contribution < 1.29 is 4.74 Å². The Morgan fingerprint density at radius 3 is 2.26 bits per heavy atom. The van der Waals surface area contributed by atoms with Crippen molar-refractivity contribution in [3.8, 4) is 22.8 Å². The molecule has 3 rings (SSSR count). The summed E-state index contributed by atoms with van der Waals surface area (Å²) in [5, 5.41) is 0. The quantitative estimate of drug-likeness (QED) is 0.677. The van der Waals surface area contributed by atoms with Gasteiger partial charge in [-0.15, -0.1) is 0 Å². The van der Waals surface area contributed by atoms with Crippen LogP contribution in [0.3, 0.4) is 0 Å². The Balaban J connectivity index is 1.89. The van der Waals surface area contributed by atoms with Gasteiger partial charge >= 0.3 is 0 Å². The first kappa shape index (κ1) is 11.5. The van der Waals surface area contributed by atoms with Crippen molar-refractivity contribution in [2.75, 3.05) is 0 Å². The Bertz CT molecular complexity index is 650. The number of aromatic nitrogens is 1. The maximum Gasteiger partial charge on any atom is 0.128 e. The lowest BCUT2D eigenvalue weighted by atomic mass is 10.1. The van der Waals surface area contributed by atoms with Crippen LogP contribution in [0.15, 0.2) is 79.0 Å². The zero-order valence-corrected chi connectivity index (χ0v) is 10.4. The molecule has 0 aliphatic rings. The molecule has 0 bridgehead atoms. The number of ether oxygens (including phenoxy) is 1. The molecule has 1 heterocycles.